The highest BCUT2D eigenvalue weighted by molar-refractivity contribution is 7.13. The van der Waals surface area contributed by atoms with Crippen molar-refractivity contribution >= 4 is 11.3 Å². The first-order valence-electron chi connectivity index (χ1n) is 6.82. The van der Waals surface area contributed by atoms with E-state index in [1.165, 1.54) is 11.1 Å². The predicted molar refractivity (Wildman–Crippen MR) is 84.8 cm³/mol. The van der Waals surface area contributed by atoms with Gasteiger partial charge in [-0.3, -0.25) is 4.98 Å². The minimum Gasteiger partial charge on any atom is -0.264 e. The normalized spacial score (nSPS) is 10.7. The summed E-state index contributed by atoms with van der Waals surface area (Å²) in [7, 11) is 0. The van der Waals surface area contributed by atoms with Gasteiger partial charge in [-0.05, 0) is 18.1 Å². The van der Waals surface area contributed by atoms with E-state index in [0.717, 1.165) is 29.1 Å². The molecule has 0 bridgehead atoms. The van der Waals surface area contributed by atoms with Crippen molar-refractivity contribution in [2.75, 3.05) is 0 Å². The number of nitrogens with zero attached hydrogens (tertiary/aromatic N) is 2. The molecule has 1 aromatic carbocycles. The molecule has 3 rings (SSSR count). The summed E-state index contributed by atoms with van der Waals surface area (Å²) in [4.78, 5) is 9.02. The molecule has 0 unspecified atom stereocenters. The van der Waals surface area contributed by atoms with Gasteiger partial charge in [-0.25, -0.2) is 4.98 Å². The van der Waals surface area contributed by atoms with E-state index in [1.54, 1.807) is 11.3 Å². The second kappa shape index (κ2) is 5.97. The molecule has 2 aromatic heterocycles. The highest BCUT2D eigenvalue weighted by Gasteiger charge is 2.10. The number of aromatic nitrogens is 2. The molecule has 0 saturated carbocycles. The maximum atomic E-state index is 4.77. The third kappa shape index (κ3) is 2.63. The average Bonchev–Trinajstić information content (AvgIpc) is 2.99. The third-order valence-corrected chi connectivity index (χ3v) is 4.11. The van der Waals surface area contributed by atoms with E-state index in [4.69, 9.17) is 4.98 Å². The van der Waals surface area contributed by atoms with Crippen LogP contribution in [0.5, 0.6) is 0 Å². The Morgan fingerprint density at radius 1 is 1.10 bits per heavy atom. The summed E-state index contributed by atoms with van der Waals surface area (Å²) in [5.74, 6) is 0. The molecule has 0 spiro atoms. The minimum atomic E-state index is 1.04. The zero-order valence-electron chi connectivity index (χ0n) is 11.4. The molecule has 2 nitrogen and oxygen atoms in total. The van der Waals surface area contributed by atoms with Crippen molar-refractivity contribution in [2.24, 2.45) is 0 Å². The summed E-state index contributed by atoms with van der Waals surface area (Å²) in [5.41, 5.74) is 4.70. The molecule has 20 heavy (non-hydrogen) atoms. The van der Waals surface area contributed by atoms with Gasteiger partial charge in [0.05, 0.1) is 5.69 Å². The summed E-state index contributed by atoms with van der Waals surface area (Å²) in [6, 6.07) is 12.4. The molecule has 3 heteroatoms. The predicted octanol–water partition coefficient (Wildman–Crippen LogP) is 4.82. The zero-order valence-corrected chi connectivity index (χ0v) is 12.2. The standard InChI is InChI=1S/C17H16N2S/c1-2-6-13-9-10-18-11-15(13)17-19-16(12-20-17)14-7-4-3-5-8-14/h3-5,7-12H,2,6H2,1H3. The number of benzene rings is 1. The summed E-state index contributed by atoms with van der Waals surface area (Å²) in [5, 5.41) is 3.17. The first-order valence-corrected chi connectivity index (χ1v) is 7.70. The molecule has 100 valence electrons. The van der Waals surface area contributed by atoms with Crippen LogP contribution in [-0.4, -0.2) is 9.97 Å². The Labute approximate surface area is 123 Å². The van der Waals surface area contributed by atoms with Gasteiger partial charge in [-0.2, -0.15) is 0 Å². The van der Waals surface area contributed by atoms with E-state index in [0.29, 0.717) is 0 Å². The van der Waals surface area contributed by atoms with Crippen LogP contribution in [0.15, 0.2) is 54.2 Å². The van der Waals surface area contributed by atoms with Crippen LogP contribution in [0.2, 0.25) is 0 Å². The Morgan fingerprint density at radius 2 is 1.95 bits per heavy atom. The molecule has 3 aromatic rings. The van der Waals surface area contributed by atoms with Crippen LogP contribution in [0.1, 0.15) is 18.9 Å². The minimum absolute atomic E-state index is 1.04. The Hall–Kier alpha value is -2.00. The van der Waals surface area contributed by atoms with E-state index in [2.05, 4.69) is 35.5 Å². The van der Waals surface area contributed by atoms with Crippen LogP contribution >= 0.6 is 11.3 Å². The molecule has 0 radical (unpaired) electrons. The monoisotopic (exact) mass is 280 g/mol. The average molecular weight is 280 g/mol. The SMILES string of the molecule is CCCc1ccncc1-c1nc(-c2ccccc2)cs1. The summed E-state index contributed by atoms with van der Waals surface area (Å²) >= 11 is 1.69. The van der Waals surface area contributed by atoms with Gasteiger partial charge in [0.2, 0.25) is 0 Å². The van der Waals surface area contributed by atoms with Crippen molar-refractivity contribution in [1.82, 2.24) is 9.97 Å². The first-order chi connectivity index (χ1) is 9.88. The van der Waals surface area contributed by atoms with E-state index in [-0.39, 0.29) is 0 Å². The first kappa shape index (κ1) is 13.0. The summed E-state index contributed by atoms with van der Waals surface area (Å²) in [6.45, 7) is 2.20. The molecule has 2 heterocycles. The van der Waals surface area contributed by atoms with Crippen LogP contribution in [0.3, 0.4) is 0 Å². The van der Waals surface area contributed by atoms with E-state index in [9.17, 15) is 0 Å². The smallest absolute Gasteiger partial charge is 0.125 e. The van der Waals surface area contributed by atoms with Crippen molar-refractivity contribution in [1.29, 1.82) is 0 Å². The fourth-order valence-electron chi connectivity index (χ4n) is 2.24. The second-order valence-corrected chi connectivity index (χ2v) is 5.54. The molecule has 0 N–H and O–H groups in total. The fourth-order valence-corrected chi connectivity index (χ4v) is 3.12. The number of rotatable bonds is 4. The largest absolute Gasteiger partial charge is 0.264 e. The summed E-state index contributed by atoms with van der Waals surface area (Å²) in [6.07, 6.45) is 5.99. The number of hydrogen-bond donors (Lipinski definition) is 0. The lowest BCUT2D eigenvalue weighted by Crippen LogP contribution is -1.90. The maximum absolute atomic E-state index is 4.77. The Balaban J connectivity index is 1.98. The number of aryl methyl sites for hydroxylation is 1. The second-order valence-electron chi connectivity index (χ2n) is 4.69. The van der Waals surface area contributed by atoms with Gasteiger partial charge in [0, 0.05) is 28.9 Å². The van der Waals surface area contributed by atoms with Crippen LogP contribution in [0.25, 0.3) is 21.8 Å². The Bertz CT molecular complexity index is 689. The molecule has 0 fully saturated rings. The molecule has 0 amide bonds. The van der Waals surface area contributed by atoms with Crippen molar-refractivity contribution in [3.8, 4) is 21.8 Å². The fraction of sp³-hybridized carbons (Fsp3) is 0.176. The molecule has 0 aliphatic carbocycles. The molecular weight excluding hydrogens is 264 g/mol. The maximum Gasteiger partial charge on any atom is 0.125 e. The topological polar surface area (TPSA) is 25.8 Å². The Morgan fingerprint density at radius 3 is 2.75 bits per heavy atom. The van der Waals surface area contributed by atoms with Crippen molar-refractivity contribution in [2.45, 2.75) is 19.8 Å². The third-order valence-electron chi connectivity index (χ3n) is 3.23. The van der Waals surface area contributed by atoms with Crippen LogP contribution < -0.4 is 0 Å². The zero-order chi connectivity index (χ0) is 13.8. The summed E-state index contributed by atoms with van der Waals surface area (Å²) < 4.78 is 0. The van der Waals surface area contributed by atoms with Crippen molar-refractivity contribution in [3.63, 3.8) is 0 Å². The van der Waals surface area contributed by atoms with Gasteiger partial charge in [0.1, 0.15) is 5.01 Å². The van der Waals surface area contributed by atoms with Gasteiger partial charge in [0.25, 0.3) is 0 Å². The van der Waals surface area contributed by atoms with E-state index in [1.807, 2.05) is 30.6 Å². The van der Waals surface area contributed by atoms with Crippen molar-refractivity contribution < 1.29 is 0 Å². The molecule has 0 atom stereocenters. The lowest BCUT2D eigenvalue weighted by molar-refractivity contribution is 0.920. The lowest BCUT2D eigenvalue weighted by atomic mass is 10.1. The quantitative estimate of drug-likeness (QED) is 0.684. The number of thiazole rings is 1. The highest BCUT2D eigenvalue weighted by Crippen LogP contribution is 2.30. The number of hydrogen-bond acceptors (Lipinski definition) is 3. The van der Waals surface area contributed by atoms with E-state index < -0.39 is 0 Å². The number of pyridine rings is 1. The van der Waals surface area contributed by atoms with Gasteiger partial charge in [-0.1, -0.05) is 43.7 Å². The molecule has 0 aliphatic rings. The molecule has 0 saturated heterocycles. The van der Waals surface area contributed by atoms with Gasteiger partial charge in [-0.15, -0.1) is 11.3 Å². The van der Waals surface area contributed by atoms with E-state index >= 15 is 0 Å². The van der Waals surface area contributed by atoms with Crippen LogP contribution in [0.4, 0.5) is 0 Å². The lowest BCUT2D eigenvalue weighted by Gasteiger charge is -2.04. The van der Waals surface area contributed by atoms with Gasteiger partial charge in [0.15, 0.2) is 0 Å². The van der Waals surface area contributed by atoms with Gasteiger partial charge < -0.3 is 0 Å². The molecular formula is C17H16N2S. The van der Waals surface area contributed by atoms with Gasteiger partial charge >= 0.3 is 0 Å². The van der Waals surface area contributed by atoms with Crippen LogP contribution in [-0.2, 0) is 6.42 Å². The Kier molecular flexibility index (Phi) is 3.88. The van der Waals surface area contributed by atoms with Crippen LogP contribution in [0, 0.1) is 0 Å². The molecule has 0 aliphatic heterocycles. The van der Waals surface area contributed by atoms with Crippen molar-refractivity contribution in [3.05, 3.63) is 59.7 Å². The highest BCUT2D eigenvalue weighted by atomic mass is 32.1.